The van der Waals surface area contributed by atoms with Gasteiger partial charge in [0, 0.05) is 18.2 Å². The maximum atomic E-state index is 12.8. The molecule has 0 aliphatic heterocycles. The van der Waals surface area contributed by atoms with Crippen molar-refractivity contribution in [2.75, 3.05) is 10.0 Å². The quantitative estimate of drug-likeness (QED) is 0.801. The number of sulfonamides is 1. The molecule has 1 amide bonds. The molecule has 7 heteroatoms. The maximum absolute atomic E-state index is 12.8. The summed E-state index contributed by atoms with van der Waals surface area (Å²) in [5, 5.41) is 2.64. The van der Waals surface area contributed by atoms with Crippen molar-refractivity contribution in [3.05, 3.63) is 53.1 Å². The number of ketones is 1. The van der Waals surface area contributed by atoms with Crippen LogP contribution in [-0.4, -0.2) is 20.1 Å². The fourth-order valence-corrected chi connectivity index (χ4v) is 4.26. The number of nitrogens with one attached hydrogen (secondary N) is 2. The van der Waals surface area contributed by atoms with Crippen LogP contribution in [0.4, 0.5) is 11.4 Å². The van der Waals surface area contributed by atoms with E-state index in [-0.39, 0.29) is 22.3 Å². The smallest absolute Gasteiger partial charge is 0.262 e. The van der Waals surface area contributed by atoms with Gasteiger partial charge >= 0.3 is 0 Å². The Hall–Kier alpha value is -2.67. The molecule has 25 heavy (non-hydrogen) atoms. The van der Waals surface area contributed by atoms with Crippen LogP contribution in [0.2, 0.25) is 0 Å². The minimum absolute atomic E-state index is 0.125. The Labute approximate surface area is 147 Å². The number of hydrogen-bond donors (Lipinski definition) is 2. The summed E-state index contributed by atoms with van der Waals surface area (Å²) in [6.45, 7) is 6.08. The molecular weight excluding hydrogens is 340 g/mol. The molecule has 0 unspecified atom stereocenters. The molecule has 6 nitrogen and oxygen atoms in total. The number of anilines is 2. The predicted octanol–water partition coefficient (Wildman–Crippen LogP) is 3.27. The summed E-state index contributed by atoms with van der Waals surface area (Å²) in [5.41, 5.74) is 2.06. The van der Waals surface area contributed by atoms with Crippen molar-refractivity contribution in [3.8, 4) is 0 Å². The van der Waals surface area contributed by atoms with Gasteiger partial charge < -0.3 is 5.32 Å². The van der Waals surface area contributed by atoms with E-state index in [0.717, 1.165) is 0 Å². The fourth-order valence-electron chi connectivity index (χ4n) is 2.72. The van der Waals surface area contributed by atoms with Gasteiger partial charge in [0.2, 0.25) is 5.91 Å². The molecule has 2 rings (SSSR count). The van der Waals surface area contributed by atoms with E-state index in [0.29, 0.717) is 22.4 Å². The van der Waals surface area contributed by atoms with Crippen LogP contribution < -0.4 is 10.0 Å². The van der Waals surface area contributed by atoms with Crippen LogP contribution in [0.5, 0.6) is 0 Å². The van der Waals surface area contributed by atoms with E-state index in [2.05, 4.69) is 10.0 Å². The monoisotopic (exact) mass is 360 g/mol. The third-order valence-corrected chi connectivity index (χ3v) is 5.27. The van der Waals surface area contributed by atoms with Crippen LogP contribution in [0.25, 0.3) is 0 Å². The first-order valence-corrected chi connectivity index (χ1v) is 9.12. The Bertz CT molecular complexity index is 926. The lowest BCUT2D eigenvalue weighted by atomic mass is 10.1. The molecule has 2 aromatic rings. The Morgan fingerprint density at radius 2 is 1.52 bits per heavy atom. The van der Waals surface area contributed by atoms with Gasteiger partial charge in [0.25, 0.3) is 10.0 Å². The molecule has 0 atom stereocenters. The van der Waals surface area contributed by atoms with Crippen molar-refractivity contribution < 1.29 is 18.0 Å². The normalized spacial score (nSPS) is 11.0. The summed E-state index contributed by atoms with van der Waals surface area (Å²) in [6.07, 6.45) is 0. The average Bonchev–Trinajstić information content (AvgIpc) is 2.45. The number of hydrogen-bond acceptors (Lipinski definition) is 4. The predicted molar refractivity (Wildman–Crippen MR) is 97.5 cm³/mol. The average molecular weight is 360 g/mol. The Kier molecular flexibility index (Phi) is 5.27. The van der Waals surface area contributed by atoms with Crippen molar-refractivity contribution >= 4 is 33.1 Å². The Balaban J connectivity index is 2.48. The Morgan fingerprint density at radius 3 is 2.04 bits per heavy atom. The lowest BCUT2D eigenvalue weighted by molar-refractivity contribution is -0.114. The van der Waals surface area contributed by atoms with Crippen LogP contribution in [-0.2, 0) is 14.8 Å². The SMILES string of the molecule is CC(=O)Nc1cc(C)c(S(=O)(=O)Nc2ccccc2C(C)=O)c(C)c1. The molecular formula is C18H20N2O4S. The zero-order chi connectivity index (χ0) is 18.8. The van der Waals surface area contributed by atoms with Crippen molar-refractivity contribution in [3.63, 3.8) is 0 Å². The highest BCUT2D eigenvalue weighted by molar-refractivity contribution is 7.92. The number of aryl methyl sites for hydroxylation is 2. The van der Waals surface area contributed by atoms with Gasteiger partial charge in [-0.3, -0.25) is 14.3 Å². The second kappa shape index (κ2) is 7.06. The van der Waals surface area contributed by atoms with Gasteiger partial charge in [-0.1, -0.05) is 12.1 Å². The van der Waals surface area contributed by atoms with Crippen LogP contribution in [0.1, 0.15) is 35.3 Å². The van der Waals surface area contributed by atoms with Gasteiger partial charge in [0.1, 0.15) is 0 Å². The molecule has 0 aliphatic rings. The topological polar surface area (TPSA) is 92.3 Å². The third-order valence-electron chi connectivity index (χ3n) is 3.60. The highest BCUT2D eigenvalue weighted by Crippen LogP contribution is 2.27. The van der Waals surface area contributed by atoms with E-state index in [1.807, 2.05) is 0 Å². The van der Waals surface area contributed by atoms with Gasteiger partial charge in [-0.15, -0.1) is 0 Å². The van der Waals surface area contributed by atoms with Crippen molar-refractivity contribution in [1.29, 1.82) is 0 Å². The van der Waals surface area contributed by atoms with Gasteiger partial charge in [-0.25, -0.2) is 8.42 Å². The van der Waals surface area contributed by atoms with Gasteiger partial charge in [-0.05, 0) is 56.2 Å². The molecule has 0 fully saturated rings. The summed E-state index contributed by atoms with van der Waals surface area (Å²) in [7, 11) is -3.89. The van der Waals surface area contributed by atoms with Crippen LogP contribution >= 0.6 is 0 Å². The number of para-hydroxylation sites is 1. The summed E-state index contributed by atoms with van der Waals surface area (Å²) in [4.78, 5) is 23.0. The van der Waals surface area contributed by atoms with Crippen LogP contribution in [0.3, 0.4) is 0 Å². The van der Waals surface area contributed by atoms with E-state index in [1.54, 1.807) is 50.2 Å². The highest BCUT2D eigenvalue weighted by atomic mass is 32.2. The van der Waals surface area contributed by atoms with E-state index in [9.17, 15) is 18.0 Å². The molecule has 0 aliphatic carbocycles. The number of amides is 1. The molecule has 0 heterocycles. The van der Waals surface area contributed by atoms with Gasteiger partial charge in [-0.2, -0.15) is 0 Å². The molecule has 0 aromatic heterocycles. The molecule has 0 bridgehead atoms. The first-order valence-electron chi connectivity index (χ1n) is 7.63. The zero-order valence-corrected chi connectivity index (χ0v) is 15.3. The van der Waals surface area contributed by atoms with Crippen molar-refractivity contribution in [1.82, 2.24) is 0 Å². The van der Waals surface area contributed by atoms with E-state index >= 15 is 0 Å². The molecule has 0 spiro atoms. The zero-order valence-electron chi connectivity index (χ0n) is 14.5. The number of rotatable bonds is 5. The maximum Gasteiger partial charge on any atom is 0.262 e. The minimum atomic E-state index is -3.89. The number of Topliss-reactive ketones (excluding diaryl/α,β-unsaturated/α-hetero) is 1. The molecule has 2 aromatic carbocycles. The highest BCUT2D eigenvalue weighted by Gasteiger charge is 2.22. The molecule has 0 radical (unpaired) electrons. The van der Waals surface area contributed by atoms with Crippen molar-refractivity contribution in [2.45, 2.75) is 32.6 Å². The van der Waals surface area contributed by atoms with E-state index in [4.69, 9.17) is 0 Å². The first kappa shape index (κ1) is 18.7. The molecule has 0 saturated carbocycles. The third kappa shape index (κ3) is 4.24. The van der Waals surface area contributed by atoms with Crippen molar-refractivity contribution in [2.24, 2.45) is 0 Å². The fraction of sp³-hybridized carbons (Fsp3) is 0.222. The largest absolute Gasteiger partial charge is 0.326 e. The molecule has 0 saturated heterocycles. The second-order valence-corrected chi connectivity index (χ2v) is 7.45. The standard InChI is InChI=1S/C18H20N2O4S/c1-11-9-15(19-14(4)22)10-12(2)18(11)25(23,24)20-17-8-6-5-7-16(17)13(3)21/h5-10,20H,1-4H3,(H,19,22). The number of carbonyl (C=O) groups excluding carboxylic acids is 2. The minimum Gasteiger partial charge on any atom is -0.326 e. The first-order chi connectivity index (χ1) is 11.6. The summed E-state index contributed by atoms with van der Waals surface area (Å²) in [5.74, 6) is -0.462. The summed E-state index contributed by atoms with van der Waals surface area (Å²) in [6, 6.07) is 9.64. The summed E-state index contributed by atoms with van der Waals surface area (Å²) >= 11 is 0. The number of benzene rings is 2. The van der Waals surface area contributed by atoms with Gasteiger partial charge in [0.15, 0.2) is 5.78 Å². The second-order valence-electron chi connectivity index (χ2n) is 5.83. The van der Waals surface area contributed by atoms with Crippen LogP contribution in [0.15, 0.2) is 41.3 Å². The lowest BCUT2D eigenvalue weighted by Crippen LogP contribution is -2.18. The molecule has 132 valence electrons. The van der Waals surface area contributed by atoms with E-state index in [1.165, 1.54) is 13.8 Å². The Morgan fingerprint density at radius 1 is 0.960 bits per heavy atom. The van der Waals surface area contributed by atoms with Crippen LogP contribution in [0, 0.1) is 13.8 Å². The number of carbonyl (C=O) groups is 2. The van der Waals surface area contributed by atoms with Gasteiger partial charge in [0.05, 0.1) is 10.6 Å². The lowest BCUT2D eigenvalue weighted by Gasteiger charge is -2.16. The molecule has 2 N–H and O–H groups in total. The van der Waals surface area contributed by atoms with E-state index < -0.39 is 10.0 Å². The summed E-state index contributed by atoms with van der Waals surface area (Å²) < 4.78 is 28.2.